The van der Waals surface area contributed by atoms with E-state index in [1.54, 1.807) is 12.1 Å². The molecular weight excluding hydrogens is 295 g/mol. The van der Waals surface area contributed by atoms with Gasteiger partial charge in [-0.25, -0.2) is 8.42 Å². The molecule has 0 aromatic heterocycles. The van der Waals surface area contributed by atoms with Crippen LogP contribution in [0, 0.1) is 0 Å². The Labute approximate surface area is 151 Å². The van der Waals surface area contributed by atoms with Crippen LogP contribution >= 0.6 is 0 Å². The summed E-state index contributed by atoms with van der Waals surface area (Å²) in [4.78, 5) is -0.135. The van der Waals surface area contributed by atoms with E-state index in [1.165, 1.54) is 37.8 Å². The van der Waals surface area contributed by atoms with Crippen molar-refractivity contribution in [2.45, 2.75) is 69.6 Å². The average Bonchev–Trinajstić information content (AvgIpc) is 2.42. The van der Waals surface area contributed by atoms with Crippen molar-refractivity contribution in [2.24, 2.45) is 0 Å². The van der Waals surface area contributed by atoms with Crippen LogP contribution in [-0.4, -0.2) is 13.0 Å². The van der Waals surface area contributed by atoms with Gasteiger partial charge >= 0.3 is 29.6 Å². The Morgan fingerprint density at radius 1 is 0.952 bits per heavy atom. The van der Waals surface area contributed by atoms with Gasteiger partial charge in [-0.05, 0) is 36.5 Å². The normalized spacial score (nSPS) is 12.7. The van der Waals surface area contributed by atoms with E-state index in [0.717, 1.165) is 24.8 Å². The molecule has 114 valence electrons. The van der Waals surface area contributed by atoms with E-state index in [2.05, 4.69) is 13.8 Å². The first kappa shape index (κ1) is 21.1. The van der Waals surface area contributed by atoms with Gasteiger partial charge in [0.05, 0.1) is 4.90 Å². The zero-order valence-corrected chi connectivity index (χ0v) is 16.3. The van der Waals surface area contributed by atoms with E-state index in [4.69, 9.17) is 0 Å². The van der Waals surface area contributed by atoms with Crippen molar-refractivity contribution in [3.8, 4) is 0 Å². The smallest absolute Gasteiger partial charge is 0.744 e. The fourth-order valence-electron chi connectivity index (χ4n) is 2.48. The summed E-state index contributed by atoms with van der Waals surface area (Å²) >= 11 is 0. The standard InChI is InChI=1S/C16H26O3S.Na/c1-3-5-7-9-14(8-6-4-2)15-10-12-16(13-11-15)20(17,18)19;/h10-14H,3-9H2,1-2H3,(H,17,18,19);/q;+1/p-1. The minimum atomic E-state index is -4.33. The van der Waals surface area contributed by atoms with Crippen LogP contribution in [-0.2, 0) is 10.1 Å². The van der Waals surface area contributed by atoms with E-state index in [9.17, 15) is 13.0 Å². The first-order valence-electron chi connectivity index (χ1n) is 7.54. The summed E-state index contributed by atoms with van der Waals surface area (Å²) in [5.41, 5.74) is 1.15. The Hall–Kier alpha value is 0.130. The summed E-state index contributed by atoms with van der Waals surface area (Å²) < 4.78 is 32.8. The molecule has 1 atom stereocenters. The average molecular weight is 320 g/mol. The van der Waals surface area contributed by atoms with Crippen LogP contribution in [0.2, 0.25) is 0 Å². The van der Waals surface area contributed by atoms with Crippen molar-refractivity contribution in [1.29, 1.82) is 0 Å². The Bertz CT molecular complexity index is 483. The molecule has 1 aromatic rings. The van der Waals surface area contributed by atoms with Crippen molar-refractivity contribution in [3.63, 3.8) is 0 Å². The molecule has 3 nitrogen and oxygen atoms in total. The molecule has 5 heteroatoms. The predicted molar refractivity (Wildman–Crippen MR) is 80.8 cm³/mol. The number of hydrogen-bond donors (Lipinski definition) is 0. The van der Waals surface area contributed by atoms with E-state index in [-0.39, 0.29) is 34.5 Å². The number of hydrogen-bond acceptors (Lipinski definition) is 3. The van der Waals surface area contributed by atoms with Crippen LogP contribution in [0.4, 0.5) is 0 Å². The molecule has 0 radical (unpaired) electrons. The molecule has 0 fully saturated rings. The van der Waals surface area contributed by atoms with Crippen LogP contribution in [0.3, 0.4) is 0 Å². The molecule has 0 amide bonds. The van der Waals surface area contributed by atoms with Crippen molar-refractivity contribution in [1.82, 2.24) is 0 Å². The van der Waals surface area contributed by atoms with Gasteiger partial charge in [-0.3, -0.25) is 0 Å². The fraction of sp³-hybridized carbons (Fsp3) is 0.625. The third-order valence-electron chi connectivity index (χ3n) is 3.70. The van der Waals surface area contributed by atoms with Gasteiger partial charge in [0.15, 0.2) is 0 Å². The third kappa shape index (κ3) is 7.80. The molecule has 0 heterocycles. The van der Waals surface area contributed by atoms with Crippen molar-refractivity contribution >= 4 is 10.1 Å². The summed E-state index contributed by atoms with van der Waals surface area (Å²) in [7, 11) is -4.33. The SMILES string of the molecule is CCCCCC(CCCC)c1ccc(S(=O)(=O)[O-])cc1.[Na+]. The summed E-state index contributed by atoms with van der Waals surface area (Å²) in [6.45, 7) is 4.37. The Kier molecular flexibility index (Phi) is 10.9. The van der Waals surface area contributed by atoms with Crippen LogP contribution in [0.25, 0.3) is 0 Å². The number of rotatable bonds is 9. The van der Waals surface area contributed by atoms with Crippen LogP contribution in [0.15, 0.2) is 29.2 Å². The molecular formula is C16H25NaO3S. The maximum atomic E-state index is 10.9. The largest absolute Gasteiger partial charge is 1.00 e. The Morgan fingerprint density at radius 3 is 1.95 bits per heavy atom. The van der Waals surface area contributed by atoms with Gasteiger partial charge in [0.1, 0.15) is 10.1 Å². The summed E-state index contributed by atoms with van der Waals surface area (Å²) in [5, 5.41) is 0. The molecule has 0 aliphatic rings. The molecule has 0 aliphatic carbocycles. The fourth-order valence-corrected chi connectivity index (χ4v) is 2.95. The second kappa shape index (κ2) is 10.8. The Balaban J connectivity index is 0.00000400. The predicted octanol–water partition coefficient (Wildman–Crippen LogP) is 1.45. The van der Waals surface area contributed by atoms with Crippen molar-refractivity contribution in [3.05, 3.63) is 29.8 Å². The number of benzene rings is 1. The topological polar surface area (TPSA) is 57.2 Å². The zero-order chi connectivity index (χ0) is 15.0. The van der Waals surface area contributed by atoms with Gasteiger partial charge in [0, 0.05) is 0 Å². The monoisotopic (exact) mass is 320 g/mol. The molecule has 0 bridgehead atoms. The molecule has 1 unspecified atom stereocenters. The molecule has 21 heavy (non-hydrogen) atoms. The van der Waals surface area contributed by atoms with E-state index in [0.29, 0.717) is 5.92 Å². The van der Waals surface area contributed by atoms with Gasteiger partial charge in [-0.1, -0.05) is 58.1 Å². The molecule has 1 rings (SSSR count). The van der Waals surface area contributed by atoms with Crippen LogP contribution in [0.5, 0.6) is 0 Å². The second-order valence-corrected chi connectivity index (χ2v) is 6.74. The number of unbranched alkanes of at least 4 members (excludes halogenated alkanes) is 3. The van der Waals surface area contributed by atoms with Gasteiger partial charge in [-0.2, -0.15) is 0 Å². The van der Waals surface area contributed by atoms with E-state index < -0.39 is 10.1 Å². The summed E-state index contributed by atoms with van der Waals surface area (Å²) in [6.07, 6.45) is 8.24. The quantitative estimate of drug-likeness (QED) is 0.393. The van der Waals surface area contributed by atoms with Gasteiger partial charge in [0.25, 0.3) is 0 Å². The van der Waals surface area contributed by atoms with Crippen LogP contribution < -0.4 is 29.6 Å². The molecule has 0 aliphatic heterocycles. The molecule has 1 aromatic carbocycles. The van der Waals surface area contributed by atoms with Gasteiger partial charge in [0.2, 0.25) is 0 Å². The summed E-state index contributed by atoms with van der Waals surface area (Å²) in [5.74, 6) is 0.477. The molecule has 0 spiro atoms. The Morgan fingerprint density at radius 2 is 1.48 bits per heavy atom. The minimum absolute atomic E-state index is 0. The van der Waals surface area contributed by atoms with Crippen LogP contribution in [0.1, 0.15) is 70.3 Å². The molecule has 0 N–H and O–H groups in total. The van der Waals surface area contributed by atoms with Crippen molar-refractivity contribution in [2.75, 3.05) is 0 Å². The first-order valence-corrected chi connectivity index (χ1v) is 8.95. The van der Waals surface area contributed by atoms with Crippen molar-refractivity contribution < 1.29 is 42.5 Å². The second-order valence-electron chi connectivity index (χ2n) is 5.36. The maximum absolute atomic E-state index is 10.9. The van der Waals surface area contributed by atoms with Gasteiger partial charge in [-0.15, -0.1) is 0 Å². The molecule has 0 saturated heterocycles. The van der Waals surface area contributed by atoms with E-state index >= 15 is 0 Å². The minimum Gasteiger partial charge on any atom is -0.744 e. The van der Waals surface area contributed by atoms with Gasteiger partial charge < -0.3 is 4.55 Å². The summed E-state index contributed by atoms with van der Waals surface area (Å²) in [6, 6.07) is 6.49. The van der Waals surface area contributed by atoms with E-state index in [1.807, 2.05) is 0 Å². The third-order valence-corrected chi connectivity index (χ3v) is 4.55. The first-order chi connectivity index (χ1) is 9.49. The maximum Gasteiger partial charge on any atom is 1.00 e. The molecule has 0 saturated carbocycles. The zero-order valence-electron chi connectivity index (χ0n) is 13.5.